The van der Waals surface area contributed by atoms with Crippen LogP contribution in [0.3, 0.4) is 0 Å². The van der Waals surface area contributed by atoms with E-state index in [2.05, 4.69) is 25.6 Å². The molecular weight excluding hydrogens is 346 g/mol. The van der Waals surface area contributed by atoms with Gasteiger partial charge >= 0.3 is 0 Å². The van der Waals surface area contributed by atoms with E-state index in [0.29, 0.717) is 22.5 Å². The number of anilines is 1. The minimum absolute atomic E-state index is 0.0196. The molecule has 0 radical (unpaired) electrons. The molecule has 0 unspecified atom stereocenters. The minimum Gasteiger partial charge on any atom is -0.444 e. The molecule has 0 saturated heterocycles. The molecule has 0 aliphatic heterocycles. The topological polar surface area (TPSA) is 98.2 Å². The molecule has 3 N–H and O–H groups in total. The summed E-state index contributed by atoms with van der Waals surface area (Å²) in [6.07, 6.45) is 2.29. The van der Waals surface area contributed by atoms with Crippen LogP contribution in [0.25, 0.3) is 0 Å². The van der Waals surface area contributed by atoms with Gasteiger partial charge in [-0.1, -0.05) is 22.9 Å². The summed E-state index contributed by atoms with van der Waals surface area (Å²) in [5.41, 5.74) is 5.87. The van der Waals surface area contributed by atoms with Gasteiger partial charge in [-0.25, -0.2) is 18.1 Å². The summed E-state index contributed by atoms with van der Waals surface area (Å²) in [6.45, 7) is 1.91. The van der Waals surface area contributed by atoms with Crippen molar-refractivity contribution in [2.75, 3.05) is 5.73 Å². The average molecular weight is 360 g/mol. The summed E-state index contributed by atoms with van der Waals surface area (Å²) in [4.78, 5) is 4.01. The number of benzene rings is 1. The van der Waals surface area contributed by atoms with E-state index in [1.807, 2.05) is 6.92 Å². The monoisotopic (exact) mass is 359 g/mol. The van der Waals surface area contributed by atoms with E-state index in [0.717, 1.165) is 0 Å². The van der Waals surface area contributed by atoms with Crippen molar-refractivity contribution in [1.82, 2.24) is 9.71 Å². The largest absolute Gasteiger partial charge is 0.444 e. The molecule has 1 aromatic carbocycles. The fourth-order valence-electron chi connectivity index (χ4n) is 1.57. The number of halogens is 1. The summed E-state index contributed by atoms with van der Waals surface area (Å²) in [6, 6.07) is 4.65. The molecule has 0 saturated carbocycles. The van der Waals surface area contributed by atoms with Crippen LogP contribution in [0.1, 0.15) is 18.6 Å². The molecule has 0 fully saturated rings. The summed E-state index contributed by atoms with van der Waals surface area (Å²) in [5.74, 6) is 1.03. The van der Waals surface area contributed by atoms with Crippen LogP contribution in [0.5, 0.6) is 0 Å². The Hall–Kier alpha value is -1.38. The maximum atomic E-state index is 12.2. The van der Waals surface area contributed by atoms with Crippen LogP contribution in [0.15, 0.2) is 38.2 Å². The van der Waals surface area contributed by atoms with Gasteiger partial charge in [0.05, 0.1) is 18.4 Å². The summed E-state index contributed by atoms with van der Waals surface area (Å²) >= 11 is 3.22. The SMILES string of the molecule is CCc1cnc(CNS(=O)(=O)c2cc(Br)ccc2N)o1. The number of nitrogens with zero attached hydrogens (tertiary/aromatic N) is 1. The van der Waals surface area contributed by atoms with E-state index in [1.54, 1.807) is 12.3 Å². The average Bonchev–Trinajstić information content (AvgIpc) is 2.87. The van der Waals surface area contributed by atoms with Gasteiger partial charge in [-0.3, -0.25) is 0 Å². The van der Waals surface area contributed by atoms with Crippen LogP contribution in [-0.4, -0.2) is 13.4 Å². The van der Waals surface area contributed by atoms with Gasteiger partial charge in [-0.2, -0.15) is 0 Å². The van der Waals surface area contributed by atoms with E-state index >= 15 is 0 Å². The molecule has 0 amide bonds. The first kappa shape index (κ1) is 15.0. The fraction of sp³-hybridized carbons (Fsp3) is 0.250. The first-order valence-electron chi connectivity index (χ1n) is 5.90. The lowest BCUT2D eigenvalue weighted by atomic mass is 10.3. The van der Waals surface area contributed by atoms with E-state index in [4.69, 9.17) is 10.2 Å². The standard InChI is InChI=1S/C12H14BrN3O3S/c1-2-9-6-15-12(19-9)7-16-20(17,18)11-5-8(13)3-4-10(11)14/h3-6,16H,2,7,14H2,1H3. The van der Waals surface area contributed by atoms with E-state index < -0.39 is 10.0 Å². The molecule has 8 heteroatoms. The first-order chi connectivity index (χ1) is 9.42. The summed E-state index contributed by atoms with van der Waals surface area (Å²) in [5, 5.41) is 0. The van der Waals surface area contributed by atoms with Gasteiger partial charge in [-0.05, 0) is 18.2 Å². The highest BCUT2D eigenvalue weighted by molar-refractivity contribution is 9.10. The maximum Gasteiger partial charge on any atom is 0.243 e. The van der Waals surface area contributed by atoms with Crippen molar-refractivity contribution in [3.05, 3.63) is 40.5 Å². The van der Waals surface area contributed by atoms with Gasteiger partial charge in [0.2, 0.25) is 15.9 Å². The van der Waals surface area contributed by atoms with E-state index in [9.17, 15) is 8.42 Å². The van der Waals surface area contributed by atoms with Crippen LogP contribution < -0.4 is 10.5 Å². The molecule has 2 aromatic rings. The van der Waals surface area contributed by atoms with Crippen LogP contribution in [0, 0.1) is 0 Å². The van der Waals surface area contributed by atoms with Crippen LogP contribution in [0.2, 0.25) is 0 Å². The third-order valence-corrected chi connectivity index (χ3v) is 4.58. The molecule has 1 heterocycles. The second kappa shape index (κ2) is 5.94. The number of sulfonamides is 1. The van der Waals surface area contributed by atoms with Gasteiger partial charge in [0.1, 0.15) is 10.7 Å². The smallest absolute Gasteiger partial charge is 0.243 e. The lowest BCUT2D eigenvalue weighted by molar-refractivity contribution is 0.452. The van der Waals surface area contributed by atoms with Gasteiger partial charge in [0.15, 0.2) is 0 Å². The van der Waals surface area contributed by atoms with Crippen molar-refractivity contribution in [3.63, 3.8) is 0 Å². The maximum absolute atomic E-state index is 12.2. The number of nitrogens with one attached hydrogen (secondary N) is 1. The van der Waals surface area contributed by atoms with Gasteiger partial charge in [0.25, 0.3) is 0 Å². The molecule has 2 rings (SSSR count). The number of aryl methyl sites for hydroxylation is 1. The highest BCUT2D eigenvalue weighted by Gasteiger charge is 2.18. The number of hydrogen-bond donors (Lipinski definition) is 2. The van der Waals surface area contributed by atoms with Crippen molar-refractivity contribution < 1.29 is 12.8 Å². The van der Waals surface area contributed by atoms with Crippen molar-refractivity contribution >= 4 is 31.6 Å². The number of rotatable bonds is 5. The third-order valence-electron chi connectivity index (χ3n) is 2.63. The highest BCUT2D eigenvalue weighted by atomic mass is 79.9. The molecular formula is C12H14BrN3O3S. The van der Waals surface area contributed by atoms with Crippen molar-refractivity contribution in [1.29, 1.82) is 0 Å². The second-order valence-corrected chi connectivity index (χ2v) is 6.73. The van der Waals surface area contributed by atoms with Gasteiger partial charge in [0, 0.05) is 10.9 Å². The van der Waals surface area contributed by atoms with Gasteiger partial charge in [-0.15, -0.1) is 0 Å². The third kappa shape index (κ3) is 3.38. The fourth-order valence-corrected chi connectivity index (χ4v) is 3.21. The van der Waals surface area contributed by atoms with Crippen molar-refractivity contribution in [3.8, 4) is 0 Å². The van der Waals surface area contributed by atoms with Crippen molar-refractivity contribution in [2.24, 2.45) is 0 Å². The molecule has 1 aromatic heterocycles. The normalized spacial score (nSPS) is 11.7. The van der Waals surface area contributed by atoms with E-state index in [-0.39, 0.29) is 17.1 Å². The second-order valence-electron chi connectivity index (χ2n) is 4.08. The lowest BCUT2D eigenvalue weighted by Crippen LogP contribution is -2.24. The van der Waals surface area contributed by atoms with E-state index in [1.165, 1.54) is 12.1 Å². The molecule has 20 heavy (non-hydrogen) atoms. The molecule has 0 aliphatic carbocycles. The highest BCUT2D eigenvalue weighted by Crippen LogP contribution is 2.23. The molecule has 0 aliphatic rings. The molecule has 0 bridgehead atoms. The number of aromatic nitrogens is 1. The number of oxazole rings is 1. The number of nitrogen functional groups attached to an aromatic ring is 1. The Morgan fingerprint density at radius 1 is 1.45 bits per heavy atom. The summed E-state index contributed by atoms with van der Waals surface area (Å²) in [7, 11) is -3.71. The molecule has 0 spiro atoms. The predicted octanol–water partition coefficient (Wildman–Crippen LogP) is 2.06. The zero-order valence-corrected chi connectivity index (χ0v) is 13.2. The Bertz CT molecular complexity index is 712. The number of nitrogens with two attached hydrogens (primary N) is 1. The zero-order chi connectivity index (χ0) is 14.8. The van der Waals surface area contributed by atoms with Crippen LogP contribution >= 0.6 is 15.9 Å². The zero-order valence-electron chi connectivity index (χ0n) is 10.8. The Kier molecular flexibility index (Phi) is 4.46. The summed E-state index contributed by atoms with van der Waals surface area (Å²) < 4.78 is 32.7. The minimum atomic E-state index is -3.71. The Labute approximate surface area is 125 Å². The quantitative estimate of drug-likeness (QED) is 0.796. The molecule has 108 valence electrons. The molecule has 0 atom stereocenters. The Morgan fingerprint density at radius 2 is 2.20 bits per heavy atom. The Balaban J connectivity index is 2.17. The first-order valence-corrected chi connectivity index (χ1v) is 8.18. The molecule has 6 nitrogen and oxygen atoms in total. The Morgan fingerprint density at radius 3 is 2.85 bits per heavy atom. The van der Waals surface area contributed by atoms with Crippen LogP contribution in [-0.2, 0) is 23.0 Å². The van der Waals surface area contributed by atoms with Crippen LogP contribution in [0.4, 0.5) is 5.69 Å². The predicted molar refractivity (Wildman–Crippen MR) is 78.5 cm³/mol. The van der Waals surface area contributed by atoms with Crippen molar-refractivity contribution in [2.45, 2.75) is 24.8 Å². The number of hydrogen-bond acceptors (Lipinski definition) is 5. The lowest BCUT2D eigenvalue weighted by Gasteiger charge is -2.08. The van der Waals surface area contributed by atoms with Gasteiger partial charge < -0.3 is 10.2 Å².